The highest BCUT2D eigenvalue weighted by molar-refractivity contribution is 4.90. The fourth-order valence-electron chi connectivity index (χ4n) is 2.12. The number of piperidine rings is 1. The van der Waals surface area contributed by atoms with Crippen molar-refractivity contribution in [2.45, 2.75) is 19.3 Å². The van der Waals surface area contributed by atoms with Crippen LogP contribution in [0.5, 0.6) is 0 Å². The van der Waals surface area contributed by atoms with E-state index in [2.05, 4.69) is 17.0 Å². The molecule has 2 rings (SSSR count). The van der Waals surface area contributed by atoms with E-state index in [9.17, 15) is 0 Å². The van der Waals surface area contributed by atoms with Crippen LogP contribution in [0.1, 0.15) is 18.7 Å². The van der Waals surface area contributed by atoms with Crippen LogP contribution in [0.15, 0.2) is 18.5 Å². The van der Waals surface area contributed by atoms with Crippen molar-refractivity contribution in [3.63, 3.8) is 0 Å². The van der Waals surface area contributed by atoms with Gasteiger partial charge in [0, 0.05) is 24.7 Å². The maximum absolute atomic E-state index is 4.26. The first-order chi connectivity index (χ1) is 6.84. The summed E-state index contributed by atoms with van der Waals surface area (Å²) < 4.78 is 0. The molecule has 0 bridgehead atoms. The second-order valence-electron chi connectivity index (χ2n) is 4.08. The molecule has 0 saturated carbocycles. The van der Waals surface area contributed by atoms with E-state index in [0.717, 1.165) is 24.7 Å². The molecule has 1 N–H and O–H groups in total. The quantitative estimate of drug-likeness (QED) is 0.672. The van der Waals surface area contributed by atoms with Crippen LogP contribution < -0.4 is 4.90 Å². The number of nitrogens with one attached hydrogen (secondary N) is 1. The summed E-state index contributed by atoms with van der Waals surface area (Å²) in [5.41, 5.74) is 0. The summed E-state index contributed by atoms with van der Waals surface area (Å²) in [4.78, 5) is 9.91. The molecule has 0 radical (unpaired) electrons. The Morgan fingerprint density at radius 3 is 2.93 bits per heavy atom. The molecule has 2 atom stereocenters. The standard InChI is InChI=1S/C11H17N3/c1-14-7-2-4-10(9-14)8-11-12-5-3-6-13-11/h3,5-6,10,14H,1-2,4,7-9H2. The van der Waals surface area contributed by atoms with E-state index >= 15 is 0 Å². The van der Waals surface area contributed by atoms with Gasteiger partial charge < -0.3 is 4.90 Å². The van der Waals surface area contributed by atoms with Gasteiger partial charge in [-0.2, -0.15) is 7.05 Å². The normalized spacial score (nSPS) is 27.5. The lowest BCUT2D eigenvalue weighted by Gasteiger charge is -2.31. The van der Waals surface area contributed by atoms with Crippen molar-refractivity contribution >= 4 is 0 Å². The van der Waals surface area contributed by atoms with Crippen molar-refractivity contribution in [2.75, 3.05) is 13.1 Å². The Hall–Kier alpha value is -0.960. The Balaban J connectivity index is 1.91. The summed E-state index contributed by atoms with van der Waals surface area (Å²) in [7, 11) is 4.07. The van der Waals surface area contributed by atoms with Gasteiger partial charge >= 0.3 is 0 Å². The lowest BCUT2D eigenvalue weighted by molar-refractivity contribution is -0.863. The first-order valence-corrected chi connectivity index (χ1v) is 5.27. The monoisotopic (exact) mass is 191 g/mol. The van der Waals surface area contributed by atoms with Crippen molar-refractivity contribution in [3.8, 4) is 0 Å². The summed E-state index contributed by atoms with van der Waals surface area (Å²) in [5, 5.41) is 0. The molecule has 0 aromatic carbocycles. The fraction of sp³-hybridized carbons (Fsp3) is 0.545. The Kier molecular flexibility index (Phi) is 3.09. The molecule has 3 nitrogen and oxygen atoms in total. The van der Waals surface area contributed by atoms with E-state index < -0.39 is 0 Å². The minimum absolute atomic E-state index is 0.721. The van der Waals surface area contributed by atoms with E-state index in [1.54, 1.807) is 0 Å². The molecule has 1 aromatic rings. The van der Waals surface area contributed by atoms with Gasteiger partial charge in [0.15, 0.2) is 0 Å². The number of rotatable bonds is 2. The number of likely N-dealkylation sites (tertiary alicyclic amines) is 1. The molecule has 3 heteroatoms. The van der Waals surface area contributed by atoms with Crippen molar-refractivity contribution in [2.24, 2.45) is 5.92 Å². The van der Waals surface area contributed by atoms with Crippen LogP contribution >= 0.6 is 0 Å². The molecule has 0 aliphatic carbocycles. The Morgan fingerprint density at radius 1 is 1.43 bits per heavy atom. The smallest absolute Gasteiger partial charge is 0.128 e. The minimum Gasteiger partial charge on any atom is -0.468 e. The molecule has 76 valence electrons. The van der Waals surface area contributed by atoms with Crippen molar-refractivity contribution in [1.29, 1.82) is 0 Å². The summed E-state index contributed by atoms with van der Waals surface area (Å²) in [6.45, 7) is 2.38. The van der Waals surface area contributed by atoms with E-state index in [1.165, 1.54) is 24.3 Å². The molecule has 1 aliphatic heterocycles. The van der Waals surface area contributed by atoms with Crippen LogP contribution in [-0.2, 0) is 6.42 Å². The number of nitrogens with zero attached hydrogens (tertiary/aromatic N) is 2. The Labute approximate surface area is 85.2 Å². The predicted molar refractivity (Wildman–Crippen MR) is 54.5 cm³/mol. The molecule has 0 amide bonds. The fourth-order valence-corrected chi connectivity index (χ4v) is 2.12. The topological polar surface area (TPSA) is 30.2 Å². The number of hydrogen-bond donors (Lipinski definition) is 1. The van der Waals surface area contributed by atoms with Gasteiger partial charge in [0.05, 0.1) is 13.1 Å². The van der Waals surface area contributed by atoms with E-state index in [-0.39, 0.29) is 0 Å². The molecule has 1 saturated heterocycles. The maximum Gasteiger partial charge on any atom is 0.128 e. The average molecular weight is 191 g/mol. The first-order valence-electron chi connectivity index (χ1n) is 5.27. The second-order valence-corrected chi connectivity index (χ2v) is 4.08. The third-order valence-corrected chi connectivity index (χ3v) is 2.81. The highest BCUT2D eigenvalue weighted by Gasteiger charge is 2.18. The predicted octanol–water partition coefficient (Wildman–Crippen LogP) is 0.106. The lowest BCUT2D eigenvalue weighted by atomic mass is 9.95. The summed E-state index contributed by atoms with van der Waals surface area (Å²) in [5.74, 6) is 1.70. The highest BCUT2D eigenvalue weighted by atomic mass is 15.1. The van der Waals surface area contributed by atoms with Crippen LogP contribution in [0.2, 0.25) is 0 Å². The third-order valence-electron chi connectivity index (χ3n) is 2.81. The lowest BCUT2D eigenvalue weighted by Crippen LogP contribution is -3.08. The van der Waals surface area contributed by atoms with Crippen LogP contribution in [0, 0.1) is 13.0 Å². The van der Waals surface area contributed by atoms with Crippen molar-refractivity contribution < 1.29 is 4.90 Å². The highest BCUT2D eigenvalue weighted by Crippen LogP contribution is 2.11. The van der Waals surface area contributed by atoms with Crippen LogP contribution in [0.25, 0.3) is 0 Å². The average Bonchev–Trinajstić information content (AvgIpc) is 2.19. The number of quaternary nitrogens is 1. The molecule has 1 fully saturated rings. The molecular weight excluding hydrogens is 174 g/mol. The molecule has 2 unspecified atom stereocenters. The Bertz CT molecular complexity index is 273. The van der Waals surface area contributed by atoms with E-state index in [0.29, 0.717) is 0 Å². The van der Waals surface area contributed by atoms with Gasteiger partial charge in [-0.05, 0) is 18.9 Å². The summed E-state index contributed by atoms with van der Waals surface area (Å²) in [6.07, 6.45) is 7.24. The van der Waals surface area contributed by atoms with Gasteiger partial charge in [0.25, 0.3) is 0 Å². The SMILES string of the molecule is [CH2-][NH+]1CCCC(Cc2ncccn2)C1. The number of aromatic nitrogens is 2. The zero-order valence-electron chi connectivity index (χ0n) is 8.45. The van der Waals surface area contributed by atoms with Crippen molar-refractivity contribution in [1.82, 2.24) is 9.97 Å². The Morgan fingerprint density at radius 2 is 2.21 bits per heavy atom. The zero-order chi connectivity index (χ0) is 9.80. The van der Waals surface area contributed by atoms with Gasteiger partial charge in [-0.1, -0.05) is 0 Å². The van der Waals surface area contributed by atoms with Gasteiger partial charge in [0.2, 0.25) is 0 Å². The van der Waals surface area contributed by atoms with Crippen molar-refractivity contribution in [3.05, 3.63) is 31.3 Å². The second kappa shape index (κ2) is 4.51. The molecule has 2 heterocycles. The van der Waals surface area contributed by atoms with Gasteiger partial charge in [-0.25, -0.2) is 9.97 Å². The molecule has 14 heavy (non-hydrogen) atoms. The number of hydrogen-bond acceptors (Lipinski definition) is 2. The van der Waals surface area contributed by atoms with Crippen LogP contribution in [0.3, 0.4) is 0 Å². The van der Waals surface area contributed by atoms with E-state index in [1.807, 2.05) is 18.5 Å². The minimum atomic E-state index is 0.721. The van der Waals surface area contributed by atoms with Crippen LogP contribution in [-0.4, -0.2) is 23.1 Å². The molecule has 1 aliphatic rings. The molecular formula is C11H17N3. The zero-order valence-corrected chi connectivity index (χ0v) is 8.45. The third kappa shape index (κ3) is 2.51. The summed E-state index contributed by atoms with van der Waals surface area (Å²) >= 11 is 0. The van der Waals surface area contributed by atoms with E-state index in [4.69, 9.17) is 0 Å². The first kappa shape index (κ1) is 9.59. The molecule has 1 aromatic heterocycles. The maximum atomic E-state index is 4.26. The van der Waals surface area contributed by atoms with Gasteiger partial charge in [-0.15, -0.1) is 0 Å². The van der Waals surface area contributed by atoms with Gasteiger partial charge in [0.1, 0.15) is 5.82 Å². The summed E-state index contributed by atoms with van der Waals surface area (Å²) in [6, 6.07) is 1.86. The van der Waals surface area contributed by atoms with Gasteiger partial charge in [-0.3, -0.25) is 0 Å². The van der Waals surface area contributed by atoms with Crippen LogP contribution in [0.4, 0.5) is 0 Å². The largest absolute Gasteiger partial charge is 0.468 e. The molecule has 0 spiro atoms.